The van der Waals surface area contributed by atoms with E-state index in [9.17, 15) is 4.79 Å². The number of nitrogens with one attached hydrogen (secondary N) is 1. The number of hydrogen-bond donors (Lipinski definition) is 1. The second-order valence-electron chi connectivity index (χ2n) is 6.00. The van der Waals surface area contributed by atoms with Crippen molar-refractivity contribution in [3.8, 4) is 0 Å². The zero-order valence-corrected chi connectivity index (χ0v) is 12.1. The molecule has 3 heteroatoms. The van der Waals surface area contributed by atoms with Gasteiger partial charge in [-0.2, -0.15) is 0 Å². The van der Waals surface area contributed by atoms with Crippen molar-refractivity contribution < 1.29 is 9.53 Å². The average molecular weight is 273 g/mol. The third-order valence-corrected chi connectivity index (χ3v) is 4.54. The maximum absolute atomic E-state index is 11.2. The summed E-state index contributed by atoms with van der Waals surface area (Å²) in [5.74, 6) is -0.188. The Hall–Kier alpha value is -1.35. The minimum absolute atomic E-state index is 0.0645. The van der Waals surface area contributed by atoms with Gasteiger partial charge in [-0.15, -0.1) is 0 Å². The molecule has 1 aromatic rings. The van der Waals surface area contributed by atoms with E-state index in [0.717, 1.165) is 12.8 Å². The standard InChI is InChI=1S/C17H23NO2/c1-12(19)20-17-11-10-16(18-13-6-2-3-7-13)14-8-4-5-9-15(14)17/h4-5,8-9,13,16-18H,2-3,6-7,10-11H2,1H3. The van der Waals surface area contributed by atoms with E-state index in [-0.39, 0.29) is 12.1 Å². The van der Waals surface area contributed by atoms with E-state index < -0.39 is 0 Å². The first-order valence-corrected chi connectivity index (χ1v) is 7.76. The van der Waals surface area contributed by atoms with Crippen LogP contribution in [0.2, 0.25) is 0 Å². The fourth-order valence-corrected chi connectivity index (χ4v) is 3.62. The smallest absolute Gasteiger partial charge is 0.303 e. The molecule has 3 rings (SSSR count). The third-order valence-electron chi connectivity index (χ3n) is 4.54. The Labute approximate surface area is 120 Å². The van der Waals surface area contributed by atoms with E-state index in [1.54, 1.807) is 0 Å². The van der Waals surface area contributed by atoms with Crippen LogP contribution in [-0.2, 0) is 9.53 Å². The number of hydrogen-bond acceptors (Lipinski definition) is 3. The van der Waals surface area contributed by atoms with Gasteiger partial charge in [-0.25, -0.2) is 0 Å². The van der Waals surface area contributed by atoms with E-state index >= 15 is 0 Å². The predicted octanol–water partition coefficient (Wildman–Crippen LogP) is 3.66. The Kier molecular flexibility index (Phi) is 4.06. The zero-order valence-electron chi connectivity index (χ0n) is 12.1. The quantitative estimate of drug-likeness (QED) is 0.854. The van der Waals surface area contributed by atoms with Gasteiger partial charge in [0.15, 0.2) is 0 Å². The first kappa shape index (κ1) is 13.6. The van der Waals surface area contributed by atoms with Crippen LogP contribution in [0.4, 0.5) is 0 Å². The van der Waals surface area contributed by atoms with Gasteiger partial charge >= 0.3 is 5.97 Å². The number of ether oxygens (including phenoxy) is 1. The van der Waals surface area contributed by atoms with E-state index in [0.29, 0.717) is 12.1 Å². The molecule has 2 atom stereocenters. The number of fused-ring (bicyclic) bond motifs is 1. The summed E-state index contributed by atoms with van der Waals surface area (Å²) in [7, 11) is 0. The van der Waals surface area contributed by atoms with Crippen LogP contribution in [0.25, 0.3) is 0 Å². The maximum atomic E-state index is 11.2. The summed E-state index contributed by atoms with van der Waals surface area (Å²) in [6.45, 7) is 1.49. The summed E-state index contributed by atoms with van der Waals surface area (Å²) in [6, 6.07) is 9.48. The van der Waals surface area contributed by atoms with Crippen LogP contribution in [0.1, 0.15) is 68.7 Å². The number of carbonyl (C=O) groups is 1. The fourth-order valence-electron chi connectivity index (χ4n) is 3.62. The summed E-state index contributed by atoms with van der Waals surface area (Å²) in [6.07, 6.45) is 7.19. The van der Waals surface area contributed by atoms with Crippen molar-refractivity contribution >= 4 is 5.97 Å². The summed E-state index contributed by atoms with van der Waals surface area (Å²) < 4.78 is 5.47. The molecular weight excluding hydrogens is 250 g/mol. The van der Waals surface area contributed by atoms with Gasteiger partial charge in [0.2, 0.25) is 0 Å². The number of rotatable bonds is 3. The normalized spacial score (nSPS) is 26.2. The van der Waals surface area contributed by atoms with Crippen LogP contribution in [0, 0.1) is 0 Å². The van der Waals surface area contributed by atoms with Crippen molar-refractivity contribution in [2.75, 3.05) is 0 Å². The first-order valence-electron chi connectivity index (χ1n) is 7.76. The van der Waals surface area contributed by atoms with Crippen molar-refractivity contribution in [3.05, 3.63) is 35.4 Å². The number of esters is 1. The topological polar surface area (TPSA) is 38.3 Å². The van der Waals surface area contributed by atoms with Gasteiger partial charge in [-0.3, -0.25) is 4.79 Å². The molecule has 2 aliphatic carbocycles. The van der Waals surface area contributed by atoms with Gasteiger partial charge in [0, 0.05) is 19.0 Å². The summed E-state index contributed by atoms with van der Waals surface area (Å²) >= 11 is 0. The minimum Gasteiger partial charge on any atom is -0.458 e. The highest BCUT2D eigenvalue weighted by Crippen LogP contribution is 2.39. The van der Waals surface area contributed by atoms with Crippen molar-refractivity contribution in [2.45, 2.75) is 63.6 Å². The Morgan fingerprint density at radius 3 is 2.50 bits per heavy atom. The lowest BCUT2D eigenvalue weighted by Crippen LogP contribution is -2.34. The van der Waals surface area contributed by atoms with Gasteiger partial charge in [-0.1, -0.05) is 37.1 Å². The van der Waals surface area contributed by atoms with Gasteiger partial charge in [0.25, 0.3) is 0 Å². The molecule has 1 saturated carbocycles. The molecule has 0 heterocycles. The molecule has 0 bridgehead atoms. The third kappa shape index (κ3) is 2.88. The van der Waals surface area contributed by atoms with Crippen LogP contribution < -0.4 is 5.32 Å². The van der Waals surface area contributed by atoms with Gasteiger partial charge in [0.05, 0.1) is 0 Å². The van der Waals surface area contributed by atoms with Crippen molar-refractivity contribution in [2.24, 2.45) is 0 Å². The van der Waals surface area contributed by atoms with Crippen molar-refractivity contribution in [3.63, 3.8) is 0 Å². The second-order valence-corrected chi connectivity index (χ2v) is 6.00. The Morgan fingerprint density at radius 2 is 1.80 bits per heavy atom. The van der Waals surface area contributed by atoms with E-state index in [4.69, 9.17) is 4.74 Å². The Bertz CT molecular complexity index is 480. The monoisotopic (exact) mass is 273 g/mol. The summed E-state index contributed by atoms with van der Waals surface area (Å²) in [5.41, 5.74) is 2.50. The van der Waals surface area contributed by atoms with Gasteiger partial charge < -0.3 is 10.1 Å². The molecule has 3 nitrogen and oxygen atoms in total. The Morgan fingerprint density at radius 1 is 1.10 bits per heavy atom. The van der Waals surface area contributed by atoms with Gasteiger partial charge in [-0.05, 0) is 36.8 Å². The minimum atomic E-state index is -0.188. The fraction of sp³-hybridized carbons (Fsp3) is 0.588. The number of carbonyl (C=O) groups excluding carboxylic acids is 1. The van der Waals surface area contributed by atoms with Crippen molar-refractivity contribution in [1.29, 1.82) is 0 Å². The van der Waals surface area contributed by atoms with Crippen molar-refractivity contribution in [1.82, 2.24) is 5.32 Å². The highest BCUT2D eigenvalue weighted by Gasteiger charge is 2.30. The predicted molar refractivity (Wildman–Crippen MR) is 78.3 cm³/mol. The summed E-state index contributed by atoms with van der Waals surface area (Å²) in [4.78, 5) is 11.2. The molecule has 1 fully saturated rings. The molecule has 2 aliphatic rings. The lowest BCUT2D eigenvalue weighted by atomic mass is 9.85. The first-order chi connectivity index (χ1) is 9.74. The van der Waals surface area contributed by atoms with E-state index in [1.165, 1.54) is 43.7 Å². The van der Waals surface area contributed by atoms with E-state index in [1.807, 2.05) is 6.07 Å². The molecule has 0 saturated heterocycles. The van der Waals surface area contributed by atoms with Crippen LogP contribution >= 0.6 is 0 Å². The van der Waals surface area contributed by atoms with Crippen LogP contribution in [-0.4, -0.2) is 12.0 Å². The second kappa shape index (κ2) is 5.96. The molecular formula is C17H23NO2. The highest BCUT2D eigenvalue weighted by atomic mass is 16.5. The zero-order chi connectivity index (χ0) is 13.9. The molecule has 0 aromatic heterocycles. The van der Waals surface area contributed by atoms with Crippen LogP contribution in [0.15, 0.2) is 24.3 Å². The number of benzene rings is 1. The molecule has 0 spiro atoms. The molecule has 1 aromatic carbocycles. The molecule has 2 unspecified atom stereocenters. The molecule has 0 aliphatic heterocycles. The highest BCUT2D eigenvalue weighted by molar-refractivity contribution is 5.66. The molecule has 20 heavy (non-hydrogen) atoms. The lowest BCUT2D eigenvalue weighted by Gasteiger charge is -2.33. The summed E-state index contributed by atoms with van der Waals surface area (Å²) in [5, 5.41) is 3.81. The average Bonchev–Trinajstić information content (AvgIpc) is 2.94. The molecule has 108 valence electrons. The molecule has 1 N–H and O–H groups in total. The lowest BCUT2D eigenvalue weighted by molar-refractivity contribution is -0.147. The van der Waals surface area contributed by atoms with Crippen LogP contribution in [0.3, 0.4) is 0 Å². The Balaban J connectivity index is 1.78. The van der Waals surface area contributed by atoms with Gasteiger partial charge in [0.1, 0.15) is 6.10 Å². The van der Waals surface area contributed by atoms with E-state index in [2.05, 4.69) is 23.5 Å². The largest absolute Gasteiger partial charge is 0.458 e. The molecule has 0 amide bonds. The molecule has 0 radical (unpaired) electrons. The SMILES string of the molecule is CC(=O)OC1CCC(NC2CCCC2)c2ccccc21. The van der Waals surface area contributed by atoms with Crippen LogP contribution in [0.5, 0.6) is 0 Å². The maximum Gasteiger partial charge on any atom is 0.303 e.